The van der Waals surface area contributed by atoms with E-state index in [0.717, 1.165) is 10.4 Å². The summed E-state index contributed by atoms with van der Waals surface area (Å²) in [4.78, 5) is 34.7. The number of rotatable bonds is 7. The Balaban J connectivity index is 2.18. The quantitative estimate of drug-likeness (QED) is 0.482. The normalized spacial score (nSPS) is 11.9. The second-order valence-electron chi connectivity index (χ2n) is 4.56. The van der Waals surface area contributed by atoms with Gasteiger partial charge in [-0.2, -0.15) is 0 Å². The number of ether oxygens (including phenoxy) is 1. The summed E-state index contributed by atoms with van der Waals surface area (Å²) in [7, 11) is 1.58. The largest absolute Gasteiger partial charge is 0.475 e. The summed E-state index contributed by atoms with van der Waals surface area (Å²) >= 11 is 1.20. The van der Waals surface area contributed by atoms with E-state index in [9.17, 15) is 14.4 Å². The molecule has 6 heteroatoms. The van der Waals surface area contributed by atoms with Crippen molar-refractivity contribution in [3.8, 4) is 0 Å². The van der Waals surface area contributed by atoms with E-state index in [-0.39, 0.29) is 6.10 Å². The Morgan fingerprint density at radius 2 is 1.82 bits per heavy atom. The number of benzene rings is 1. The SMILES string of the molecule is COC(c1ccccc1)c1ccc(C(=O)CC(=O)C(=O)O)s1. The van der Waals surface area contributed by atoms with Crippen LogP contribution in [0.1, 0.15) is 32.6 Å². The lowest BCUT2D eigenvalue weighted by Gasteiger charge is -2.13. The fourth-order valence-corrected chi connectivity index (χ4v) is 3.05. The highest BCUT2D eigenvalue weighted by atomic mass is 32.1. The molecule has 5 nitrogen and oxygen atoms in total. The Kier molecular flexibility index (Phi) is 5.19. The summed E-state index contributed by atoms with van der Waals surface area (Å²) in [5.41, 5.74) is 0.951. The third-order valence-electron chi connectivity index (χ3n) is 3.06. The van der Waals surface area contributed by atoms with Crippen molar-refractivity contribution in [1.29, 1.82) is 0 Å². The summed E-state index contributed by atoms with van der Waals surface area (Å²) in [5.74, 6) is -3.19. The summed E-state index contributed by atoms with van der Waals surface area (Å²) in [5, 5.41) is 8.54. The van der Waals surface area contributed by atoms with Crippen LogP contribution in [0.2, 0.25) is 0 Å². The summed E-state index contributed by atoms with van der Waals surface area (Å²) in [6.07, 6.45) is -0.930. The first-order valence-electron chi connectivity index (χ1n) is 6.49. The number of Topliss-reactive ketones (excluding diaryl/α,β-unsaturated/α-hetero) is 2. The van der Waals surface area contributed by atoms with Crippen LogP contribution in [0.4, 0.5) is 0 Å². The van der Waals surface area contributed by atoms with Crippen LogP contribution in [0.15, 0.2) is 42.5 Å². The number of thiophene rings is 1. The Morgan fingerprint density at radius 1 is 1.14 bits per heavy atom. The second kappa shape index (κ2) is 7.11. The molecular weight excluding hydrogens is 304 g/mol. The lowest BCUT2D eigenvalue weighted by molar-refractivity contribution is -0.148. The average Bonchev–Trinajstić information content (AvgIpc) is 2.98. The van der Waals surface area contributed by atoms with Gasteiger partial charge in [0.1, 0.15) is 6.10 Å². The molecule has 2 aromatic rings. The average molecular weight is 318 g/mol. The topological polar surface area (TPSA) is 80.7 Å². The number of carbonyl (C=O) groups excluding carboxylic acids is 2. The molecule has 0 amide bonds. The van der Waals surface area contributed by atoms with Gasteiger partial charge in [-0.25, -0.2) is 4.79 Å². The van der Waals surface area contributed by atoms with Crippen molar-refractivity contribution in [3.05, 3.63) is 57.8 Å². The van der Waals surface area contributed by atoms with Gasteiger partial charge < -0.3 is 9.84 Å². The smallest absolute Gasteiger partial charge is 0.372 e. The van der Waals surface area contributed by atoms with Crippen molar-refractivity contribution in [1.82, 2.24) is 0 Å². The zero-order chi connectivity index (χ0) is 16.1. The molecule has 0 spiro atoms. The van der Waals surface area contributed by atoms with Gasteiger partial charge in [-0.15, -0.1) is 11.3 Å². The van der Waals surface area contributed by atoms with Crippen LogP contribution in [0.3, 0.4) is 0 Å². The third kappa shape index (κ3) is 3.66. The number of ketones is 2. The molecule has 0 fully saturated rings. The van der Waals surface area contributed by atoms with Gasteiger partial charge in [0, 0.05) is 12.0 Å². The lowest BCUT2D eigenvalue weighted by Crippen LogP contribution is -2.16. The molecule has 0 saturated heterocycles. The molecule has 0 aliphatic rings. The molecule has 1 N–H and O–H groups in total. The van der Waals surface area contributed by atoms with E-state index >= 15 is 0 Å². The number of methoxy groups -OCH3 is 1. The van der Waals surface area contributed by atoms with Crippen molar-refractivity contribution in [2.45, 2.75) is 12.5 Å². The zero-order valence-corrected chi connectivity index (χ0v) is 12.6. The molecular formula is C16H14O5S. The van der Waals surface area contributed by atoms with E-state index in [4.69, 9.17) is 9.84 Å². The maximum Gasteiger partial charge on any atom is 0.372 e. The van der Waals surface area contributed by atoms with E-state index < -0.39 is 24.0 Å². The molecule has 0 radical (unpaired) electrons. The van der Waals surface area contributed by atoms with Crippen molar-refractivity contribution < 1.29 is 24.2 Å². The minimum absolute atomic E-state index is 0.303. The molecule has 0 aliphatic carbocycles. The standard InChI is InChI=1S/C16H14O5S/c1-21-15(10-5-3-2-4-6-10)14-8-7-13(22-14)11(17)9-12(18)16(19)20/h2-8,15H,9H2,1H3,(H,19,20). The maximum absolute atomic E-state index is 11.9. The maximum atomic E-state index is 11.9. The number of carboxylic acids is 1. The first-order chi connectivity index (χ1) is 10.5. The van der Waals surface area contributed by atoms with Gasteiger partial charge >= 0.3 is 5.97 Å². The predicted octanol–water partition coefficient (Wildman–Crippen LogP) is 2.71. The van der Waals surface area contributed by atoms with Crippen LogP contribution >= 0.6 is 11.3 Å². The Hall–Kier alpha value is -2.31. The van der Waals surface area contributed by atoms with Crippen LogP contribution in [0.5, 0.6) is 0 Å². The number of aliphatic carboxylic acids is 1. The van der Waals surface area contributed by atoms with E-state index in [1.807, 2.05) is 30.3 Å². The Morgan fingerprint density at radius 3 is 2.41 bits per heavy atom. The van der Waals surface area contributed by atoms with E-state index in [0.29, 0.717) is 4.88 Å². The third-order valence-corrected chi connectivity index (χ3v) is 4.23. The molecule has 0 aliphatic heterocycles. The summed E-state index contributed by atoms with van der Waals surface area (Å²) in [6.45, 7) is 0. The van der Waals surface area contributed by atoms with Crippen molar-refractivity contribution in [2.75, 3.05) is 7.11 Å². The van der Waals surface area contributed by atoms with Gasteiger partial charge in [-0.3, -0.25) is 9.59 Å². The number of hydrogen-bond donors (Lipinski definition) is 1. The Labute approximate surface area is 131 Å². The first kappa shape index (κ1) is 16.1. The second-order valence-corrected chi connectivity index (χ2v) is 5.67. The van der Waals surface area contributed by atoms with Gasteiger partial charge in [0.05, 0.1) is 11.3 Å². The van der Waals surface area contributed by atoms with Crippen LogP contribution < -0.4 is 0 Å². The molecule has 1 unspecified atom stereocenters. The van der Waals surface area contributed by atoms with E-state index in [1.165, 1.54) is 11.3 Å². The minimum Gasteiger partial charge on any atom is -0.475 e. The molecule has 1 atom stereocenters. The van der Waals surface area contributed by atoms with Gasteiger partial charge in [0.25, 0.3) is 0 Å². The molecule has 0 bridgehead atoms. The van der Waals surface area contributed by atoms with Crippen LogP contribution in [0, 0.1) is 0 Å². The molecule has 1 heterocycles. The summed E-state index contributed by atoms with van der Waals surface area (Å²) in [6, 6.07) is 12.9. The van der Waals surface area contributed by atoms with Gasteiger partial charge in [-0.1, -0.05) is 30.3 Å². The summed E-state index contributed by atoms with van der Waals surface area (Å²) < 4.78 is 5.47. The molecule has 0 saturated carbocycles. The fraction of sp³-hybridized carbons (Fsp3) is 0.188. The molecule has 2 rings (SSSR count). The number of carbonyl (C=O) groups is 3. The molecule has 22 heavy (non-hydrogen) atoms. The molecule has 1 aromatic carbocycles. The van der Waals surface area contributed by atoms with Crippen molar-refractivity contribution >= 4 is 28.9 Å². The Bertz CT molecular complexity index is 690. The lowest BCUT2D eigenvalue weighted by atomic mass is 10.1. The van der Waals surface area contributed by atoms with Crippen LogP contribution in [-0.4, -0.2) is 29.8 Å². The zero-order valence-electron chi connectivity index (χ0n) is 11.8. The van der Waals surface area contributed by atoms with Crippen LogP contribution in [0.25, 0.3) is 0 Å². The highest BCUT2D eigenvalue weighted by Crippen LogP contribution is 2.31. The first-order valence-corrected chi connectivity index (χ1v) is 7.31. The van der Waals surface area contributed by atoms with Crippen molar-refractivity contribution in [3.63, 3.8) is 0 Å². The van der Waals surface area contributed by atoms with Gasteiger partial charge in [0.2, 0.25) is 5.78 Å². The molecule has 1 aromatic heterocycles. The highest BCUT2D eigenvalue weighted by molar-refractivity contribution is 7.14. The van der Waals surface area contributed by atoms with E-state index in [1.54, 1.807) is 19.2 Å². The predicted molar refractivity (Wildman–Crippen MR) is 81.2 cm³/mol. The highest BCUT2D eigenvalue weighted by Gasteiger charge is 2.21. The minimum atomic E-state index is -1.59. The van der Waals surface area contributed by atoms with Gasteiger partial charge in [-0.05, 0) is 17.7 Å². The number of carboxylic acid groups (broad SMARTS) is 1. The molecule has 114 valence electrons. The van der Waals surface area contributed by atoms with Crippen molar-refractivity contribution in [2.24, 2.45) is 0 Å². The van der Waals surface area contributed by atoms with Gasteiger partial charge in [0.15, 0.2) is 5.78 Å². The van der Waals surface area contributed by atoms with E-state index in [2.05, 4.69) is 0 Å². The fourth-order valence-electron chi connectivity index (χ4n) is 2.00. The number of hydrogen-bond acceptors (Lipinski definition) is 5. The monoisotopic (exact) mass is 318 g/mol. The van der Waals surface area contributed by atoms with Crippen LogP contribution in [-0.2, 0) is 14.3 Å².